The normalized spacial score (nSPS) is 13.6. The third-order valence-corrected chi connectivity index (χ3v) is 7.69. The Morgan fingerprint density at radius 3 is 1.96 bits per heavy atom. The number of nitrogens with one attached hydrogen (secondary N) is 2. The van der Waals surface area contributed by atoms with Gasteiger partial charge in [-0.3, -0.25) is 19.2 Å². The zero-order chi connectivity index (χ0) is 34.7. The molecule has 0 spiro atoms. The van der Waals surface area contributed by atoms with E-state index in [-0.39, 0.29) is 35.2 Å². The van der Waals surface area contributed by atoms with Gasteiger partial charge in [-0.05, 0) is 60.7 Å². The van der Waals surface area contributed by atoms with Gasteiger partial charge in [-0.15, -0.1) is 0 Å². The van der Waals surface area contributed by atoms with Gasteiger partial charge in [-0.2, -0.15) is 0 Å². The quantitative estimate of drug-likeness (QED) is 0.160. The second-order valence-electron chi connectivity index (χ2n) is 11.5. The number of nitrogens with two attached hydrogens (primary N) is 1. The Morgan fingerprint density at radius 1 is 0.809 bits per heavy atom. The largest absolute Gasteiger partial charge is 0.390 e. The summed E-state index contributed by atoms with van der Waals surface area (Å²) < 4.78 is 28.1. The zero-order valence-electron chi connectivity index (χ0n) is 26.7. The Morgan fingerprint density at radius 2 is 1.38 bits per heavy atom. The van der Waals surface area contributed by atoms with Crippen LogP contribution < -0.4 is 16.4 Å². The highest BCUT2D eigenvalue weighted by molar-refractivity contribution is 6.04. The van der Waals surface area contributed by atoms with Gasteiger partial charge in [0.2, 0.25) is 11.8 Å². The molecule has 252 valence electrons. The van der Waals surface area contributed by atoms with Gasteiger partial charge in [0.05, 0.1) is 18.1 Å². The average Bonchev–Trinajstić information content (AvgIpc) is 3.05. The van der Waals surface area contributed by atoms with Crippen LogP contribution in [-0.2, 0) is 17.8 Å². The Bertz CT molecular complexity index is 1530. The van der Waals surface area contributed by atoms with Crippen molar-refractivity contribution in [3.05, 3.63) is 106 Å². The third kappa shape index (κ3) is 10.4. The van der Waals surface area contributed by atoms with E-state index in [2.05, 4.69) is 10.6 Å². The van der Waals surface area contributed by atoms with E-state index in [4.69, 9.17) is 5.73 Å². The summed E-state index contributed by atoms with van der Waals surface area (Å²) in [6.45, 7) is 6.27. The van der Waals surface area contributed by atoms with Crippen molar-refractivity contribution in [2.24, 2.45) is 11.7 Å². The number of benzene rings is 3. The summed E-state index contributed by atoms with van der Waals surface area (Å²) in [5.74, 6) is -5.70. The molecular formula is C35H42F2N4O6. The van der Waals surface area contributed by atoms with Crippen molar-refractivity contribution in [1.82, 2.24) is 15.5 Å². The van der Waals surface area contributed by atoms with Crippen LogP contribution in [0.1, 0.15) is 75.8 Å². The SMILES string of the molecule is CCCN(CCC)C(=O)c1cc(C(N)=O)cc(C(=O)NC(Cc2cc(F)cc(F)c2)C(O)C(O)C(C)C(=O)NCc2ccccc2)c1. The zero-order valence-corrected chi connectivity index (χ0v) is 26.7. The molecule has 0 aromatic heterocycles. The molecule has 0 saturated carbocycles. The number of carbonyl (C=O) groups is 4. The van der Waals surface area contributed by atoms with Crippen molar-refractivity contribution in [1.29, 1.82) is 0 Å². The summed E-state index contributed by atoms with van der Waals surface area (Å²) in [6, 6.07) is 14.1. The highest BCUT2D eigenvalue weighted by Crippen LogP contribution is 2.19. The van der Waals surface area contributed by atoms with Gasteiger partial charge < -0.3 is 31.5 Å². The summed E-state index contributed by atoms with van der Waals surface area (Å²) in [4.78, 5) is 53.6. The number of hydrogen-bond acceptors (Lipinski definition) is 6. The molecule has 0 radical (unpaired) electrons. The van der Waals surface area contributed by atoms with Crippen LogP contribution in [0.15, 0.2) is 66.7 Å². The second kappa shape index (κ2) is 17.3. The van der Waals surface area contributed by atoms with Crippen molar-refractivity contribution < 1.29 is 38.2 Å². The van der Waals surface area contributed by atoms with E-state index in [0.717, 1.165) is 17.7 Å². The van der Waals surface area contributed by atoms with Gasteiger partial charge in [-0.1, -0.05) is 51.1 Å². The number of hydrogen-bond donors (Lipinski definition) is 5. The molecule has 0 saturated heterocycles. The fourth-order valence-electron chi connectivity index (χ4n) is 5.19. The molecule has 0 fully saturated rings. The molecule has 3 rings (SSSR count). The lowest BCUT2D eigenvalue weighted by Gasteiger charge is -2.31. The van der Waals surface area contributed by atoms with Crippen molar-refractivity contribution in [2.75, 3.05) is 13.1 Å². The minimum atomic E-state index is -1.80. The number of carbonyl (C=O) groups excluding carboxylic acids is 4. The maximum atomic E-state index is 14.1. The molecule has 12 heteroatoms. The van der Waals surface area contributed by atoms with Crippen LogP contribution in [0.5, 0.6) is 0 Å². The number of aliphatic hydroxyl groups is 2. The smallest absolute Gasteiger partial charge is 0.253 e. The summed E-state index contributed by atoms with van der Waals surface area (Å²) in [7, 11) is 0. The first-order chi connectivity index (χ1) is 22.3. The lowest BCUT2D eigenvalue weighted by Crippen LogP contribution is -2.53. The lowest BCUT2D eigenvalue weighted by atomic mass is 9.90. The fraction of sp³-hybridized carbons (Fsp3) is 0.371. The van der Waals surface area contributed by atoms with Gasteiger partial charge in [0.25, 0.3) is 11.8 Å². The van der Waals surface area contributed by atoms with Crippen LogP contribution in [-0.4, -0.2) is 70.1 Å². The maximum Gasteiger partial charge on any atom is 0.253 e. The van der Waals surface area contributed by atoms with E-state index in [1.165, 1.54) is 25.1 Å². The van der Waals surface area contributed by atoms with Crippen molar-refractivity contribution >= 4 is 23.6 Å². The van der Waals surface area contributed by atoms with Crippen LogP contribution in [0.4, 0.5) is 8.78 Å². The van der Waals surface area contributed by atoms with Gasteiger partial charge >= 0.3 is 0 Å². The molecule has 47 heavy (non-hydrogen) atoms. The molecular weight excluding hydrogens is 610 g/mol. The molecule has 10 nitrogen and oxygen atoms in total. The number of aliphatic hydroxyl groups excluding tert-OH is 2. The van der Waals surface area contributed by atoms with Gasteiger partial charge in [0.15, 0.2) is 0 Å². The van der Waals surface area contributed by atoms with Crippen molar-refractivity contribution in [3.63, 3.8) is 0 Å². The minimum absolute atomic E-state index is 0.0430. The Labute approximate surface area is 273 Å². The van der Waals surface area contributed by atoms with Gasteiger partial charge in [-0.25, -0.2) is 8.78 Å². The molecule has 0 aliphatic rings. The van der Waals surface area contributed by atoms with E-state index in [1.807, 2.05) is 19.9 Å². The van der Waals surface area contributed by atoms with Crippen LogP contribution in [0.25, 0.3) is 0 Å². The monoisotopic (exact) mass is 652 g/mol. The predicted molar refractivity (Wildman–Crippen MR) is 172 cm³/mol. The van der Waals surface area contributed by atoms with E-state index in [0.29, 0.717) is 32.0 Å². The number of primary amides is 1. The molecule has 3 aromatic rings. The molecule has 4 amide bonds. The molecule has 0 aliphatic heterocycles. The standard InChI is InChI=1S/C35H42F2N4O6/c1-4-11-41(12-5-2)35(47)26-17-24(32(38)44)16-25(18-26)34(46)40-29(15-23-13-27(36)19-28(37)14-23)31(43)30(42)21(3)33(45)39-20-22-9-7-6-8-10-22/h6-10,13-14,16-19,21,29-31,42-43H,4-5,11-12,15,20H2,1-3H3,(H2,38,44)(H,39,45)(H,40,46). The lowest BCUT2D eigenvalue weighted by molar-refractivity contribution is -0.131. The van der Waals surface area contributed by atoms with Crippen LogP contribution in [0.3, 0.4) is 0 Å². The molecule has 6 N–H and O–H groups in total. The van der Waals surface area contributed by atoms with Crippen LogP contribution in [0, 0.1) is 17.6 Å². The van der Waals surface area contributed by atoms with Crippen molar-refractivity contribution in [3.8, 4) is 0 Å². The summed E-state index contributed by atoms with van der Waals surface area (Å²) in [5.41, 5.74) is 6.16. The van der Waals surface area contributed by atoms with Gasteiger partial charge in [0.1, 0.15) is 17.7 Å². The minimum Gasteiger partial charge on any atom is -0.390 e. The summed E-state index contributed by atoms with van der Waals surface area (Å²) in [5, 5.41) is 27.6. The molecule has 4 unspecified atom stereocenters. The third-order valence-electron chi connectivity index (χ3n) is 7.69. The number of amides is 4. The highest BCUT2D eigenvalue weighted by atomic mass is 19.1. The maximum absolute atomic E-state index is 14.1. The summed E-state index contributed by atoms with van der Waals surface area (Å²) in [6.07, 6.45) is -2.51. The Hall–Kier alpha value is -4.68. The Kier molecular flexibility index (Phi) is 13.5. The number of rotatable bonds is 16. The van der Waals surface area contributed by atoms with E-state index in [9.17, 15) is 38.2 Å². The van der Waals surface area contributed by atoms with Crippen LogP contribution >= 0.6 is 0 Å². The first kappa shape index (κ1) is 36.8. The topological polar surface area (TPSA) is 162 Å². The Balaban J connectivity index is 1.92. The molecule has 0 bridgehead atoms. The number of nitrogens with zero attached hydrogens (tertiary/aromatic N) is 1. The molecule has 0 heterocycles. The van der Waals surface area contributed by atoms with E-state index in [1.54, 1.807) is 29.2 Å². The van der Waals surface area contributed by atoms with Crippen LogP contribution in [0.2, 0.25) is 0 Å². The average molecular weight is 653 g/mol. The number of halogens is 2. The first-order valence-corrected chi connectivity index (χ1v) is 15.5. The van der Waals surface area contributed by atoms with E-state index < -0.39 is 59.4 Å². The first-order valence-electron chi connectivity index (χ1n) is 15.5. The molecule has 3 aromatic carbocycles. The van der Waals surface area contributed by atoms with E-state index >= 15 is 0 Å². The molecule has 0 aliphatic carbocycles. The summed E-state index contributed by atoms with van der Waals surface area (Å²) >= 11 is 0. The molecule has 4 atom stereocenters. The second-order valence-corrected chi connectivity index (χ2v) is 11.5. The fourth-order valence-corrected chi connectivity index (χ4v) is 5.19. The highest BCUT2D eigenvalue weighted by Gasteiger charge is 2.35. The predicted octanol–water partition coefficient (Wildman–Crippen LogP) is 3.34. The van der Waals surface area contributed by atoms with Gasteiger partial charge in [0, 0.05) is 42.4 Å². The van der Waals surface area contributed by atoms with Crippen molar-refractivity contribution in [2.45, 2.75) is 64.8 Å².